The molecular formula is C29H23Cl3SiTi. The minimum Gasteiger partial charge on any atom is -1.00 e. The average Bonchev–Trinajstić information content (AvgIpc) is 3.33. The molecule has 0 atom stereocenters. The number of hydrogen-bond donors (Lipinski definition) is 0. The van der Waals surface area contributed by atoms with E-state index in [2.05, 4.69) is 140 Å². The summed E-state index contributed by atoms with van der Waals surface area (Å²) in [6, 6.07) is 50.9. The molecule has 5 rings (SSSR count). The van der Waals surface area contributed by atoms with Crippen LogP contribution in [0.2, 0.25) is 0 Å². The Morgan fingerprint density at radius 2 is 0.765 bits per heavy atom. The molecule has 34 heavy (non-hydrogen) atoms. The van der Waals surface area contributed by atoms with Gasteiger partial charge in [0, 0.05) is 0 Å². The summed E-state index contributed by atoms with van der Waals surface area (Å²) in [5.74, 6) is 0. The second kappa shape index (κ2) is 13.8. The van der Waals surface area contributed by atoms with Crippen molar-refractivity contribution in [2.45, 2.75) is 0 Å². The molecule has 0 N–H and O–H groups in total. The zero-order valence-electron chi connectivity index (χ0n) is 18.4. The summed E-state index contributed by atoms with van der Waals surface area (Å²) in [6.07, 6.45) is 0. The van der Waals surface area contributed by atoms with Crippen LogP contribution >= 0.6 is 0 Å². The maximum Gasteiger partial charge on any atom is 4.00 e. The van der Waals surface area contributed by atoms with Crippen molar-refractivity contribution in [2.24, 2.45) is 0 Å². The van der Waals surface area contributed by atoms with Gasteiger partial charge < -0.3 is 37.2 Å². The van der Waals surface area contributed by atoms with Crippen molar-refractivity contribution in [2.75, 3.05) is 0 Å². The van der Waals surface area contributed by atoms with Crippen LogP contribution in [0.15, 0.2) is 140 Å². The molecule has 0 saturated heterocycles. The predicted octanol–water partition coefficient (Wildman–Crippen LogP) is -4.54. The Morgan fingerprint density at radius 1 is 0.412 bits per heavy atom. The predicted molar refractivity (Wildman–Crippen MR) is 131 cm³/mol. The van der Waals surface area contributed by atoms with E-state index in [9.17, 15) is 0 Å². The van der Waals surface area contributed by atoms with Gasteiger partial charge in [-0.05, 0) is 0 Å². The molecular weight excluding hydrogens is 531 g/mol. The van der Waals surface area contributed by atoms with E-state index in [4.69, 9.17) is 0 Å². The normalized spacial score (nSPS) is 10.0. The minimum atomic E-state index is -2.48. The first-order valence-corrected chi connectivity index (χ1v) is 12.4. The van der Waals surface area contributed by atoms with E-state index in [1.807, 2.05) is 0 Å². The fourth-order valence-corrected chi connectivity index (χ4v) is 9.64. The van der Waals surface area contributed by atoms with Gasteiger partial charge >= 0.3 is 21.7 Å². The van der Waals surface area contributed by atoms with Crippen molar-refractivity contribution in [3.8, 4) is 11.1 Å². The standard InChI is InChI=1S/C29H23Si.3ClH.Ti/c1-5-14-24(15-6-1)28-22-13-23-29(28)30(25-16-7-2-8-17-25,26-18-9-3-10-19-26)27-20-11-4-12-21-27;;;;/h1-23H;3*1H;/q-1;;;;+4/p-3. The molecule has 0 aliphatic carbocycles. The summed E-state index contributed by atoms with van der Waals surface area (Å²) < 4.78 is 0. The molecule has 0 heterocycles. The van der Waals surface area contributed by atoms with Crippen molar-refractivity contribution in [1.82, 2.24) is 0 Å². The van der Waals surface area contributed by atoms with Gasteiger partial charge in [0.2, 0.25) is 0 Å². The minimum absolute atomic E-state index is 0. The monoisotopic (exact) mass is 552 g/mol. The van der Waals surface area contributed by atoms with Gasteiger partial charge in [-0.15, -0.1) is 16.3 Å². The van der Waals surface area contributed by atoms with Gasteiger partial charge in [-0.3, -0.25) is 0 Å². The summed E-state index contributed by atoms with van der Waals surface area (Å²) in [4.78, 5) is 0. The molecule has 0 bridgehead atoms. The van der Waals surface area contributed by atoms with E-state index >= 15 is 0 Å². The van der Waals surface area contributed by atoms with E-state index in [1.54, 1.807) is 0 Å². The Labute approximate surface area is 236 Å². The molecule has 0 aliphatic rings. The molecule has 0 radical (unpaired) electrons. The van der Waals surface area contributed by atoms with Crippen LogP contribution in [0.1, 0.15) is 0 Å². The third-order valence-electron chi connectivity index (χ3n) is 5.93. The summed E-state index contributed by atoms with van der Waals surface area (Å²) in [7, 11) is -2.48. The molecule has 0 fully saturated rings. The largest absolute Gasteiger partial charge is 4.00 e. The Kier molecular flexibility index (Phi) is 12.2. The molecule has 0 aliphatic heterocycles. The first kappa shape index (κ1) is 30.1. The maximum absolute atomic E-state index is 2.48. The van der Waals surface area contributed by atoms with Gasteiger partial charge in [0.05, 0.1) is 0 Å². The van der Waals surface area contributed by atoms with Crippen LogP contribution in [0, 0.1) is 0 Å². The smallest absolute Gasteiger partial charge is 1.00 e. The van der Waals surface area contributed by atoms with Gasteiger partial charge in [0.1, 0.15) is 8.07 Å². The number of halogens is 3. The van der Waals surface area contributed by atoms with Gasteiger partial charge in [-0.1, -0.05) is 137 Å². The quantitative estimate of drug-likeness (QED) is 0.117. The van der Waals surface area contributed by atoms with Crippen molar-refractivity contribution >= 4 is 28.8 Å². The first-order chi connectivity index (χ1) is 14.9. The average molecular weight is 554 g/mol. The molecule has 0 aromatic heterocycles. The van der Waals surface area contributed by atoms with E-state index in [-0.39, 0.29) is 58.9 Å². The summed E-state index contributed by atoms with van der Waals surface area (Å²) >= 11 is 0. The van der Waals surface area contributed by atoms with E-state index in [1.165, 1.54) is 31.9 Å². The molecule has 5 aromatic carbocycles. The van der Waals surface area contributed by atoms with Crippen molar-refractivity contribution in [3.05, 3.63) is 140 Å². The summed E-state index contributed by atoms with van der Waals surface area (Å²) in [6.45, 7) is 0. The Hall–Kier alpha value is -1.97. The fourth-order valence-electron chi connectivity index (χ4n) is 4.65. The third kappa shape index (κ3) is 5.47. The second-order valence-corrected chi connectivity index (χ2v) is 11.3. The second-order valence-electron chi connectivity index (χ2n) is 7.57. The van der Waals surface area contributed by atoms with Crippen LogP contribution in [-0.2, 0) is 21.7 Å². The Bertz CT molecular complexity index is 1130. The first-order valence-electron chi connectivity index (χ1n) is 10.4. The van der Waals surface area contributed by atoms with Gasteiger partial charge in [0.25, 0.3) is 0 Å². The number of benzene rings is 4. The van der Waals surface area contributed by atoms with Crippen LogP contribution in [-0.4, -0.2) is 8.07 Å². The molecule has 5 heteroatoms. The molecule has 0 spiro atoms. The van der Waals surface area contributed by atoms with Crippen LogP contribution in [0.4, 0.5) is 0 Å². The Morgan fingerprint density at radius 3 is 1.15 bits per heavy atom. The molecule has 0 nitrogen and oxygen atoms in total. The number of rotatable bonds is 5. The topological polar surface area (TPSA) is 0 Å². The molecule has 0 unspecified atom stereocenters. The summed E-state index contributed by atoms with van der Waals surface area (Å²) in [5.41, 5.74) is 2.61. The zero-order chi connectivity index (χ0) is 20.2. The van der Waals surface area contributed by atoms with Crippen molar-refractivity contribution < 1.29 is 58.9 Å². The third-order valence-corrected chi connectivity index (χ3v) is 10.8. The van der Waals surface area contributed by atoms with E-state index in [0.29, 0.717) is 0 Å². The van der Waals surface area contributed by atoms with E-state index in [0.717, 1.165) is 0 Å². The molecule has 5 aromatic rings. The van der Waals surface area contributed by atoms with Crippen LogP contribution < -0.4 is 58.0 Å². The van der Waals surface area contributed by atoms with E-state index < -0.39 is 8.07 Å². The van der Waals surface area contributed by atoms with Gasteiger partial charge in [0.15, 0.2) is 0 Å². The maximum atomic E-state index is 2.35. The van der Waals surface area contributed by atoms with Gasteiger partial charge in [-0.2, -0.15) is 18.2 Å². The number of hydrogen-bond acceptors (Lipinski definition) is 0. The molecule has 0 amide bonds. The van der Waals surface area contributed by atoms with Crippen LogP contribution in [0.5, 0.6) is 0 Å². The zero-order valence-corrected chi connectivity index (χ0v) is 23.2. The van der Waals surface area contributed by atoms with Crippen molar-refractivity contribution in [3.63, 3.8) is 0 Å². The van der Waals surface area contributed by atoms with Crippen LogP contribution in [0.3, 0.4) is 0 Å². The Balaban J connectivity index is 0.00000144. The molecule has 168 valence electrons. The summed E-state index contributed by atoms with van der Waals surface area (Å²) in [5, 5.41) is 5.67. The SMILES string of the molecule is [Cl-].[Cl-].[Cl-].[Ti+4].c1ccc(-c2ccc[c-]2[Si](c2ccccc2)(c2ccccc2)c2ccccc2)cc1. The van der Waals surface area contributed by atoms with Crippen molar-refractivity contribution in [1.29, 1.82) is 0 Å². The fraction of sp³-hybridized carbons (Fsp3) is 0. The molecule has 0 saturated carbocycles. The van der Waals surface area contributed by atoms with Gasteiger partial charge in [-0.25, -0.2) is 0 Å². The van der Waals surface area contributed by atoms with Crippen LogP contribution in [0.25, 0.3) is 11.1 Å².